The minimum absolute atomic E-state index is 0.362. The molecule has 0 amide bonds. The first kappa shape index (κ1) is 16.5. The third-order valence-electron chi connectivity index (χ3n) is 5.31. The summed E-state index contributed by atoms with van der Waals surface area (Å²) in [6.45, 7) is 9.15. The van der Waals surface area contributed by atoms with Crippen molar-refractivity contribution < 1.29 is 0 Å². The molecule has 0 radical (unpaired) electrons. The molecule has 4 nitrogen and oxygen atoms in total. The molecule has 0 bridgehead atoms. The maximum Gasteiger partial charge on any atom is 0.0596 e. The summed E-state index contributed by atoms with van der Waals surface area (Å²) in [5.41, 5.74) is 5.86. The van der Waals surface area contributed by atoms with Crippen molar-refractivity contribution in [2.24, 2.45) is 30.1 Å². The number of nitrogens with two attached hydrogens (primary N) is 1. The van der Waals surface area contributed by atoms with Crippen LogP contribution < -0.4 is 11.3 Å². The van der Waals surface area contributed by atoms with E-state index in [0.29, 0.717) is 17.4 Å². The van der Waals surface area contributed by atoms with Gasteiger partial charge in [-0.2, -0.15) is 5.10 Å². The monoisotopic (exact) mass is 292 g/mol. The Labute approximate surface area is 129 Å². The predicted octanol–water partition coefficient (Wildman–Crippen LogP) is 2.96. The zero-order valence-corrected chi connectivity index (χ0v) is 14.3. The number of hydrogen-bond acceptors (Lipinski definition) is 3. The van der Waals surface area contributed by atoms with Crippen LogP contribution in [0.25, 0.3) is 0 Å². The fraction of sp³-hybridized carbons (Fsp3) is 0.824. The fourth-order valence-corrected chi connectivity index (χ4v) is 3.83. The molecule has 1 aromatic rings. The quantitative estimate of drug-likeness (QED) is 0.662. The van der Waals surface area contributed by atoms with Crippen molar-refractivity contribution >= 4 is 0 Å². The highest BCUT2D eigenvalue weighted by atomic mass is 15.3. The van der Waals surface area contributed by atoms with Crippen molar-refractivity contribution in [3.63, 3.8) is 0 Å². The summed E-state index contributed by atoms with van der Waals surface area (Å²) in [5, 5.41) is 4.44. The largest absolute Gasteiger partial charge is 0.272 e. The molecule has 1 aliphatic rings. The van der Waals surface area contributed by atoms with Crippen LogP contribution in [0.15, 0.2) is 6.07 Å². The highest BCUT2D eigenvalue weighted by Crippen LogP contribution is 2.40. The average molecular weight is 292 g/mol. The maximum absolute atomic E-state index is 5.85. The average Bonchev–Trinajstić information content (AvgIpc) is 2.73. The van der Waals surface area contributed by atoms with Gasteiger partial charge in [0.15, 0.2) is 0 Å². The molecule has 1 aliphatic carbocycles. The molecule has 0 saturated heterocycles. The summed E-state index contributed by atoms with van der Waals surface area (Å²) in [4.78, 5) is 0. The van der Waals surface area contributed by atoms with E-state index in [1.807, 2.05) is 18.7 Å². The Morgan fingerprint density at radius 1 is 1.33 bits per heavy atom. The van der Waals surface area contributed by atoms with Crippen molar-refractivity contribution in [2.45, 2.75) is 65.8 Å². The molecule has 0 aromatic carbocycles. The number of nitrogens with zero attached hydrogens (tertiary/aromatic N) is 2. The number of nitrogens with one attached hydrogen (secondary N) is 1. The van der Waals surface area contributed by atoms with Crippen LogP contribution >= 0.6 is 0 Å². The highest BCUT2D eigenvalue weighted by molar-refractivity contribution is 5.10. The van der Waals surface area contributed by atoms with Gasteiger partial charge in [0.25, 0.3) is 0 Å². The molecule has 2 rings (SSSR count). The Morgan fingerprint density at radius 3 is 2.38 bits per heavy atom. The Kier molecular flexibility index (Phi) is 5.10. The van der Waals surface area contributed by atoms with E-state index in [-0.39, 0.29) is 0 Å². The van der Waals surface area contributed by atoms with Crippen LogP contribution in [0.5, 0.6) is 0 Å². The van der Waals surface area contributed by atoms with Gasteiger partial charge < -0.3 is 0 Å². The summed E-state index contributed by atoms with van der Waals surface area (Å²) < 4.78 is 1.99. The Bertz CT molecular complexity index is 450. The van der Waals surface area contributed by atoms with Crippen molar-refractivity contribution in [3.05, 3.63) is 17.5 Å². The van der Waals surface area contributed by atoms with Gasteiger partial charge in [-0.15, -0.1) is 0 Å². The minimum Gasteiger partial charge on any atom is -0.272 e. The van der Waals surface area contributed by atoms with Crippen LogP contribution in [0.1, 0.15) is 57.8 Å². The third kappa shape index (κ3) is 4.07. The molecule has 1 aromatic heterocycles. The molecule has 1 atom stereocenters. The molecule has 21 heavy (non-hydrogen) atoms. The van der Waals surface area contributed by atoms with Gasteiger partial charge in [0.05, 0.1) is 5.69 Å². The van der Waals surface area contributed by atoms with Gasteiger partial charge >= 0.3 is 0 Å². The molecular weight excluding hydrogens is 260 g/mol. The Hall–Kier alpha value is -0.870. The lowest BCUT2D eigenvalue weighted by Gasteiger charge is -2.39. The fourth-order valence-electron chi connectivity index (χ4n) is 3.83. The molecular formula is C17H32N4. The van der Waals surface area contributed by atoms with Crippen LogP contribution in [0.4, 0.5) is 0 Å². The lowest BCUT2D eigenvalue weighted by atomic mass is 9.68. The van der Waals surface area contributed by atoms with Crippen molar-refractivity contribution in [1.29, 1.82) is 0 Å². The second kappa shape index (κ2) is 6.49. The summed E-state index contributed by atoms with van der Waals surface area (Å²) in [6.07, 6.45) is 6.20. The second-order valence-corrected chi connectivity index (χ2v) is 7.86. The zero-order valence-electron chi connectivity index (χ0n) is 14.3. The topological polar surface area (TPSA) is 55.9 Å². The summed E-state index contributed by atoms with van der Waals surface area (Å²) in [6, 6.07) is 2.53. The third-order valence-corrected chi connectivity index (χ3v) is 5.31. The van der Waals surface area contributed by atoms with Gasteiger partial charge in [-0.25, -0.2) is 0 Å². The van der Waals surface area contributed by atoms with Gasteiger partial charge in [-0.1, -0.05) is 20.8 Å². The van der Waals surface area contributed by atoms with E-state index in [1.54, 1.807) is 0 Å². The Morgan fingerprint density at radius 2 is 1.95 bits per heavy atom. The number of hydrazine groups is 1. The zero-order chi connectivity index (χ0) is 15.6. The van der Waals surface area contributed by atoms with Gasteiger partial charge in [-0.05, 0) is 55.9 Å². The van der Waals surface area contributed by atoms with Crippen LogP contribution in [-0.4, -0.2) is 15.8 Å². The van der Waals surface area contributed by atoms with Crippen LogP contribution in [0.3, 0.4) is 0 Å². The number of hydrogen-bond donors (Lipinski definition) is 2. The molecule has 120 valence electrons. The van der Waals surface area contributed by atoms with Crippen molar-refractivity contribution in [3.8, 4) is 0 Å². The minimum atomic E-state index is 0.362. The van der Waals surface area contributed by atoms with Crippen LogP contribution in [-0.2, 0) is 13.5 Å². The second-order valence-electron chi connectivity index (χ2n) is 7.86. The molecule has 1 fully saturated rings. The van der Waals surface area contributed by atoms with E-state index in [4.69, 9.17) is 5.84 Å². The van der Waals surface area contributed by atoms with Crippen molar-refractivity contribution in [2.75, 3.05) is 0 Å². The summed E-state index contributed by atoms with van der Waals surface area (Å²) >= 11 is 0. The number of aryl methyl sites for hydroxylation is 2. The standard InChI is InChI=1S/C17H32N4/c1-12-10-15(21(5)20-12)11-16(19-18)13-6-8-14(9-7-13)17(2,3)4/h10,13-14,16,19H,6-9,11,18H2,1-5H3. The molecule has 0 aliphatic heterocycles. The first-order valence-electron chi connectivity index (χ1n) is 8.27. The first-order chi connectivity index (χ1) is 9.81. The maximum atomic E-state index is 5.85. The predicted molar refractivity (Wildman–Crippen MR) is 87.7 cm³/mol. The van der Waals surface area contributed by atoms with E-state index < -0.39 is 0 Å². The van der Waals surface area contributed by atoms with Gasteiger partial charge in [0, 0.05) is 25.2 Å². The molecule has 1 saturated carbocycles. The highest BCUT2D eigenvalue weighted by Gasteiger charge is 2.32. The van der Waals surface area contributed by atoms with E-state index in [0.717, 1.165) is 18.0 Å². The van der Waals surface area contributed by atoms with Gasteiger partial charge in [-0.3, -0.25) is 16.0 Å². The lowest BCUT2D eigenvalue weighted by molar-refractivity contribution is 0.132. The number of aromatic nitrogens is 2. The van der Waals surface area contributed by atoms with E-state index in [1.165, 1.54) is 31.4 Å². The van der Waals surface area contributed by atoms with E-state index in [2.05, 4.69) is 37.4 Å². The van der Waals surface area contributed by atoms with Gasteiger partial charge in [0.1, 0.15) is 0 Å². The van der Waals surface area contributed by atoms with Crippen molar-refractivity contribution in [1.82, 2.24) is 15.2 Å². The molecule has 1 unspecified atom stereocenters. The smallest absolute Gasteiger partial charge is 0.0596 e. The summed E-state index contributed by atoms with van der Waals surface area (Å²) in [5.74, 6) is 7.39. The molecule has 4 heteroatoms. The van der Waals surface area contributed by atoms with E-state index >= 15 is 0 Å². The first-order valence-corrected chi connectivity index (χ1v) is 8.27. The van der Waals surface area contributed by atoms with Gasteiger partial charge in [0.2, 0.25) is 0 Å². The number of rotatable bonds is 4. The SMILES string of the molecule is Cc1cc(CC(NN)C2CCC(C(C)(C)C)CC2)n(C)n1. The van der Waals surface area contributed by atoms with Crippen LogP contribution in [0, 0.1) is 24.2 Å². The van der Waals surface area contributed by atoms with E-state index in [9.17, 15) is 0 Å². The Balaban J connectivity index is 1.95. The van der Waals surface area contributed by atoms with Crippen LogP contribution in [0.2, 0.25) is 0 Å². The normalized spacial score (nSPS) is 25.0. The molecule has 0 spiro atoms. The lowest BCUT2D eigenvalue weighted by Crippen LogP contribution is -2.44. The molecule has 3 N–H and O–H groups in total. The summed E-state index contributed by atoms with van der Waals surface area (Å²) in [7, 11) is 2.02. The molecule has 1 heterocycles.